The van der Waals surface area contributed by atoms with Crippen LogP contribution in [0.5, 0.6) is 0 Å². The van der Waals surface area contributed by atoms with Crippen molar-refractivity contribution in [2.75, 3.05) is 13.2 Å². The van der Waals surface area contributed by atoms with E-state index >= 15 is 0 Å². The van der Waals surface area contributed by atoms with Gasteiger partial charge in [-0.2, -0.15) is 0 Å². The summed E-state index contributed by atoms with van der Waals surface area (Å²) in [5.74, 6) is 0. The number of aliphatic hydroxyl groups is 1. The van der Waals surface area contributed by atoms with Gasteiger partial charge in [0.05, 0.1) is 12.7 Å². The Kier molecular flexibility index (Phi) is 10.7. The lowest BCUT2D eigenvalue weighted by Gasteiger charge is -1.89. The molecule has 0 radical (unpaired) electrons. The average Bonchev–Trinajstić information content (AvgIpc) is 2.63. The standard InChI is InChI=1S/C7H8S.C4H8O2.2H2O/c1-6-2-4-7(8)5-3-6;5-4-1-2-6-3-4;;/h2-5,8H,1H3;4-5H,1-3H2;2*1H2/t;4-;;/m.1../s1. The van der Waals surface area contributed by atoms with Crippen LogP contribution in [0.15, 0.2) is 29.2 Å². The molecule has 2 rings (SSSR count). The minimum Gasteiger partial charge on any atom is -0.412 e. The third-order valence-corrected chi connectivity index (χ3v) is 2.24. The van der Waals surface area contributed by atoms with E-state index in [0.717, 1.165) is 17.9 Å². The van der Waals surface area contributed by atoms with Crippen LogP contribution in [0, 0.1) is 6.92 Å². The lowest BCUT2D eigenvalue weighted by Crippen LogP contribution is -2.02. The molecule has 0 bridgehead atoms. The molecule has 94 valence electrons. The molecule has 1 aromatic rings. The predicted molar refractivity (Wildman–Crippen MR) is 67.1 cm³/mol. The molecule has 1 fully saturated rings. The van der Waals surface area contributed by atoms with Crippen LogP contribution in [0.2, 0.25) is 0 Å². The summed E-state index contributed by atoms with van der Waals surface area (Å²) >= 11 is 4.13. The van der Waals surface area contributed by atoms with Crippen LogP contribution in [0.25, 0.3) is 0 Å². The van der Waals surface area contributed by atoms with Crippen molar-refractivity contribution in [3.63, 3.8) is 0 Å². The zero-order valence-electron chi connectivity index (χ0n) is 9.31. The molecule has 0 aliphatic carbocycles. The predicted octanol–water partition coefficient (Wildman–Crippen LogP) is 0.402. The normalized spacial score (nSPS) is 17.6. The van der Waals surface area contributed by atoms with Gasteiger partial charge in [0.1, 0.15) is 0 Å². The van der Waals surface area contributed by atoms with Crippen LogP contribution in [0.1, 0.15) is 12.0 Å². The average molecular weight is 248 g/mol. The second-order valence-electron chi connectivity index (χ2n) is 3.35. The summed E-state index contributed by atoms with van der Waals surface area (Å²) in [6.07, 6.45) is 0.644. The fourth-order valence-corrected chi connectivity index (χ4v) is 1.22. The van der Waals surface area contributed by atoms with E-state index in [9.17, 15) is 0 Å². The molecule has 16 heavy (non-hydrogen) atoms. The Morgan fingerprint density at radius 3 is 2.06 bits per heavy atom. The van der Waals surface area contributed by atoms with Crippen molar-refractivity contribution in [2.24, 2.45) is 0 Å². The Hall–Kier alpha value is -0.590. The summed E-state index contributed by atoms with van der Waals surface area (Å²) in [6.45, 7) is 3.34. The molecule has 0 amide bonds. The number of ether oxygens (including phenoxy) is 1. The molecule has 1 aliphatic heterocycles. The largest absolute Gasteiger partial charge is 0.412 e. The SMILES string of the molecule is Cc1ccc(S)cc1.O.O.O[C@@H]1CCOC1. The zero-order valence-corrected chi connectivity index (χ0v) is 10.2. The van der Waals surface area contributed by atoms with Gasteiger partial charge in [-0.3, -0.25) is 0 Å². The van der Waals surface area contributed by atoms with Crippen LogP contribution >= 0.6 is 12.6 Å². The lowest BCUT2D eigenvalue weighted by molar-refractivity contribution is 0.127. The number of hydrogen-bond donors (Lipinski definition) is 2. The number of aliphatic hydroxyl groups excluding tert-OH is 1. The third-order valence-electron chi connectivity index (χ3n) is 1.94. The van der Waals surface area contributed by atoms with Crippen LogP contribution in [-0.2, 0) is 4.74 Å². The van der Waals surface area contributed by atoms with Crippen LogP contribution in [0.3, 0.4) is 0 Å². The van der Waals surface area contributed by atoms with Crippen LogP contribution < -0.4 is 0 Å². The highest BCUT2D eigenvalue weighted by atomic mass is 32.1. The molecular formula is C11H20O4S. The van der Waals surface area contributed by atoms with Crippen molar-refractivity contribution in [1.82, 2.24) is 0 Å². The van der Waals surface area contributed by atoms with Gasteiger partial charge in [-0.25, -0.2) is 0 Å². The smallest absolute Gasteiger partial charge is 0.0795 e. The maximum absolute atomic E-state index is 8.60. The van der Waals surface area contributed by atoms with E-state index in [0.29, 0.717) is 6.61 Å². The molecule has 1 aliphatic rings. The monoisotopic (exact) mass is 248 g/mol. The van der Waals surface area contributed by atoms with Crippen molar-refractivity contribution in [2.45, 2.75) is 24.3 Å². The Morgan fingerprint density at radius 2 is 1.81 bits per heavy atom. The minimum absolute atomic E-state index is 0. The highest BCUT2D eigenvalue weighted by Gasteiger charge is 2.09. The first-order chi connectivity index (χ1) is 6.68. The van der Waals surface area contributed by atoms with Gasteiger partial charge < -0.3 is 20.8 Å². The van der Waals surface area contributed by atoms with E-state index in [-0.39, 0.29) is 17.1 Å². The van der Waals surface area contributed by atoms with E-state index in [2.05, 4.69) is 19.6 Å². The highest BCUT2D eigenvalue weighted by molar-refractivity contribution is 7.80. The molecule has 5 N–H and O–H groups in total. The first-order valence-corrected chi connectivity index (χ1v) is 5.14. The molecule has 1 atom stereocenters. The number of aryl methyl sites for hydroxylation is 1. The summed E-state index contributed by atoms with van der Waals surface area (Å²) in [5.41, 5.74) is 1.28. The minimum atomic E-state index is -0.176. The van der Waals surface area contributed by atoms with Crippen molar-refractivity contribution in [3.8, 4) is 0 Å². The molecule has 0 unspecified atom stereocenters. The van der Waals surface area contributed by atoms with E-state index in [1.54, 1.807) is 0 Å². The van der Waals surface area contributed by atoms with Crippen LogP contribution in [-0.4, -0.2) is 35.4 Å². The van der Waals surface area contributed by atoms with Gasteiger partial charge in [0.2, 0.25) is 0 Å². The fourth-order valence-electron chi connectivity index (χ4n) is 1.07. The van der Waals surface area contributed by atoms with Crippen molar-refractivity contribution in [3.05, 3.63) is 29.8 Å². The van der Waals surface area contributed by atoms with Gasteiger partial charge >= 0.3 is 0 Å². The molecule has 0 saturated carbocycles. The Bertz CT molecular complexity index is 236. The maximum atomic E-state index is 8.60. The summed E-state index contributed by atoms with van der Waals surface area (Å²) in [7, 11) is 0. The van der Waals surface area contributed by atoms with Gasteiger partial charge in [0, 0.05) is 11.5 Å². The number of benzene rings is 1. The third kappa shape index (κ3) is 7.67. The molecule has 5 heteroatoms. The molecule has 0 spiro atoms. The molecular weight excluding hydrogens is 228 g/mol. The van der Waals surface area contributed by atoms with E-state index < -0.39 is 0 Å². The number of thiol groups is 1. The summed E-state index contributed by atoms with van der Waals surface area (Å²) in [6, 6.07) is 8.06. The Labute approximate surface area is 101 Å². The topological polar surface area (TPSA) is 92.5 Å². The van der Waals surface area contributed by atoms with Crippen molar-refractivity contribution in [1.29, 1.82) is 0 Å². The second-order valence-corrected chi connectivity index (χ2v) is 3.87. The van der Waals surface area contributed by atoms with Crippen molar-refractivity contribution >= 4 is 12.6 Å². The van der Waals surface area contributed by atoms with Gasteiger partial charge in [-0.1, -0.05) is 17.7 Å². The molecule has 1 heterocycles. The second kappa shape index (κ2) is 9.62. The maximum Gasteiger partial charge on any atom is 0.0795 e. The molecule has 1 aromatic carbocycles. The van der Waals surface area contributed by atoms with Gasteiger partial charge in [-0.15, -0.1) is 12.6 Å². The van der Waals surface area contributed by atoms with Gasteiger partial charge in [0.25, 0.3) is 0 Å². The van der Waals surface area contributed by atoms with E-state index in [4.69, 9.17) is 9.84 Å². The van der Waals surface area contributed by atoms with Gasteiger partial charge in [0.15, 0.2) is 0 Å². The zero-order chi connectivity index (χ0) is 10.4. The Balaban J connectivity index is 0. The van der Waals surface area contributed by atoms with E-state index in [1.165, 1.54) is 5.56 Å². The lowest BCUT2D eigenvalue weighted by atomic mass is 10.2. The number of rotatable bonds is 0. The summed E-state index contributed by atoms with van der Waals surface area (Å²) < 4.78 is 4.81. The summed E-state index contributed by atoms with van der Waals surface area (Å²) in [5, 5.41) is 8.60. The van der Waals surface area contributed by atoms with Gasteiger partial charge in [-0.05, 0) is 25.5 Å². The first kappa shape index (κ1) is 17.8. The van der Waals surface area contributed by atoms with Crippen molar-refractivity contribution < 1.29 is 20.8 Å². The number of hydrogen-bond acceptors (Lipinski definition) is 3. The molecule has 4 nitrogen and oxygen atoms in total. The molecule has 1 saturated heterocycles. The van der Waals surface area contributed by atoms with Crippen LogP contribution in [0.4, 0.5) is 0 Å². The Morgan fingerprint density at radius 1 is 1.25 bits per heavy atom. The fraction of sp³-hybridized carbons (Fsp3) is 0.455. The first-order valence-electron chi connectivity index (χ1n) is 4.70. The summed E-state index contributed by atoms with van der Waals surface area (Å²) in [4.78, 5) is 1.02. The molecule has 0 aromatic heterocycles. The quantitative estimate of drug-likeness (QED) is 0.650. The van der Waals surface area contributed by atoms with E-state index in [1.807, 2.05) is 24.3 Å². The highest BCUT2D eigenvalue weighted by Crippen LogP contribution is 2.05.